The molecule has 0 atom stereocenters. The molecule has 0 unspecified atom stereocenters. The molecule has 0 heterocycles. The Bertz CT molecular complexity index is 75.5. The summed E-state index contributed by atoms with van der Waals surface area (Å²) in [5.74, 6) is 0. The van der Waals surface area contributed by atoms with Crippen molar-refractivity contribution < 1.29 is 4.79 Å². The van der Waals surface area contributed by atoms with E-state index >= 15 is 0 Å². The Morgan fingerprint density at radius 1 is 1.44 bits per heavy atom. The largest absolute Gasteiger partial charge is 0.344 e. The van der Waals surface area contributed by atoms with Crippen LogP contribution in [0.5, 0.6) is 0 Å². The first-order chi connectivity index (χ1) is 3.77. The molecule has 0 bridgehead atoms. The maximum absolute atomic E-state index is 10.1. The molecule has 0 amide bonds. The second-order valence-electron chi connectivity index (χ2n) is 1.81. The number of carbonyl (C=O) groups excluding carboxylic acids is 1. The molecule has 0 aromatic rings. The van der Waals surface area contributed by atoms with Gasteiger partial charge in [-0.05, 0) is 18.0 Å². The average molecular weight is 152 g/mol. The lowest BCUT2D eigenvalue weighted by Crippen LogP contribution is -1.84. The Balaban J connectivity index is 0. The standard InChI is InChI=1S/C6H11ClO.H3N/c1-2-3-4-5-6(7)8;/h2-5H2,1H3;1H3. The molecule has 0 fully saturated rings. The lowest BCUT2D eigenvalue weighted by Gasteiger charge is -1.89. The van der Waals surface area contributed by atoms with Crippen LogP contribution in [0.25, 0.3) is 0 Å². The minimum absolute atomic E-state index is 0. The van der Waals surface area contributed by atoms with Crippen LogP contribution in [0, 0.1) is 0 Å². The van der Waals surface area contributed by atoms with E-state index in [4.69, 9.17) is 11.6 Å². The zero-order chi connectivity index (χ0) is 6.41. The van der Waals surface area contributed by atoms with Gasteiger partial charge in [0.05, 0.1) is 0 Å². The minimum atomic E-state index is -0.210. The highest BCUT2D eigenvalue weighted by molar-refractivity contribution is 6.63. The van der Waals surface area contributed by atoms with E-state index in [0.29, 0.717) is 6.42 Å². The predicted octanol–water partition coefficient (Wildman–Crippen LogP) is 2.49. The summed E-state index contributed by atoms with van der Waals surface area (Å²) in [6.07, 6.45) is 3.73. The number of halogens is 1. The van der Waals surface area contributed by atoms with Gasteiger partial charge in [-0.2, -0.15) is 0 Å². The highest BCUT2D eigenvalue weighted by atomic mass is 35.5. The summed E-state index contributed by atoms with van der Waals surface area (Å²) in [5.41, 5.74) is 0. The first kappa shape index (κ1) is 11.7. The molecule has 3 N–H and O–H groups in total. The molecule has 0 radical (unpaired) electrons. The van der Waals surface area contributed by atoms with Gasteiger partial charge in [0.25, 0.3) is 0 Å². The van der Waals surface area contributed by atoms with Crippen LogP contribution < -0.4 is 6.15 Å². The van der Waals surface area contributed by atoms with Crippen LogP contribution in [0.15, 0.2) is 0 Å². The lowest BCUT2D eigenvalue weighted by molar-refractivity contribution is -0.111. The summed E-state index contributed by atoms with van der Waals surface area (Å²) in [6.45, 7) is 2.10. The quantitative estimate of drug-likeness (QED) is 0.496. The fourth-order valence-electron chi connectivity index (χ4n) is 0.514. The van der Waals surface area contributed by atoms with E-state index in [2.05, 4.69) is 6.92 Å². The molecule has 0 aliphatic heterocycles. The van der Waals surface area contributed by atoms with Crippen LogP contribution in [-0.4, -0.2) is 5.24 Å². The van der Waals surface area contributed by atoms with Crippen molar-refractivity contribution in [2.75, 3.05) is 0 Å². The molecule has 0 rings (SSSR count). The maximum atomic E-state index is 10.1. The van der Waals surface area contributed by atoms with E-state index in [1.807, 2.05) is 0 Å². The van der Waals surface area contributed by atoms with Gasteiger partial charge in [0, 0.05) is 6.42 Å². The number of rotatable bonds is 4. The van der Waals surface area contributed by atoms with E-state index < -0.39 is 0 Å². The fraction of sp³-hybridized carbons (Fsp3) is 0.833. The summed E-state index contributed by atoms with van der Waals surface area (Å²) >= 11 is 5.07. The van der Waals surface area contributed by atoms with Gasteiger partial charge < -0.3 is 6.15 Å². The summed E-state index contributed by atoms with van der Waals surface area (Å²) in [4.78, 5) is 10.1. The molecule has 3 heteroatoms. The number of unbranched alkanes of at least 4 members (excludes halogenated alkanes) is 2. The summed E-state index contributed by atoms with van der Waals surface area (Å²) in [5, 5.41) is -0.210. The van der Waals surface area contributed by atoms with E-state index in [0.717, 1.165) is 19.3 Å². The van der Waals surface area contributed by atoms with Crippen molar-refractivity contribution in [1.29, 1.82) is 0 Å². The third-order valence-corrected chi connectivity index (χ3v) is 1.17. The van der Waals surface area contributed by atoms with Crippen molar-refractivity contribution in [2.45, 2.75) is 32.6 Å². The van der Waals surface area contributed by atoms with Gasteiger partial charge in [-0.25, -0.2) is 0 Å². The molecule has 0 aromatic carbocycles. The minimum Gasteiger partial charge on any atom is -0.344 e. The molecule has 0 saturated heterocycles. The smallest absolute Gasteiger partial charge is 0.221 e. The van der Waals surface area contributed by atoms with Crippen LogP contribution in [0.4, 0.5) is 0 Å². The molecular formula is C6H14ClNO. The highest BCUT2D eigenvalue weighted by Crippen LogP contribution is 2.00. The highest BCUT2D eigenvalue weighted by Gasteiger charge is 1.92. The van der Waals surface area contributed by atoms with Crippen molar-refractivity contribution in [1.82, 2.24) is 6.15 Å². The average Bonchev–Trinajstić information content (AvgIpc) is 1.66. The van der Waals surface area contributed by atoms with Crippen molar-refractivity contribution in [3.8, 4) is 0 Å². The molecule has 0 saturated carbocycles. The third kappa shape index (κ3) is 11.5. The third-order valence-electron chi connectivity index (χ3n) is 0.977. The second-order valence-corrected chi connectivity index (χ2v) is 2.23. The van der Waals surface area contributed by atoms with Crippen LogP contribution in [0.3, 0.4) is 0 Å². The van der Waals surface area contributed by atoms with Gasteiger partial charge in [0.15, 0.2) is 0 Å². The summed E-state index contributed by atoms with van der Waals surface area (Å²) < 4.78 is 0. The van der Waals surface area contributed by atoms with Crippen LogP contribution in [-0.2, 0) is 4.79 Å². The molecule has 0 aromatic heterocycles. The monoisotopic (exact) mass is 151 g/mol. The van der Waals surface area contributed by atoms with Crippen molar-refractivity contribution >= 4 is 16.8 Å². The van der Waals surface area contributed by atoms with E-state index in [1.165, 1.54) is 0 Å². The van der Waals surface area contributed by atoms with E-state index in [1.54, 1.807) is 0 Å². The van der Waals surface area contributed by atoms with Crippen LogP contribution >= 0.6 is 11.6 Å². The number of hydrogen-bond donors (Lipinski definition) is 1. The van der Waals surface area contributed by atoms with Gasteiger partial charge in [-0.3, -0.25) is 4.79 Å². The first-order valence-electron chi connectivity index (χ1n) is 2.95. The number of hydrogen-bond acceptors (Lipinski definition) is 2. The van der Waals surface area contributed by atoms with Gasteiger partial charge in [-0.1, -0.05) is 19.8 Å². The van der Waals surface area contributed by atoms with Crippen molar-refractivity contribution in [2.24, 2.45) is 0 Å². The Hall–Kier alpha value is -0.0800. The van der Waals surface area contributed by atoms with E-state index in [-0.39, 0.29) is 11.4 Å². The summed E-state index contributed by atoms with van der Waals surface area (Å²) in [7, 11) is 0. The molecule has 56 valence electrons. The molecule has 2 nitrogen and oxygen atoms in total. The number of carbonyl (C=O) groups is 1. The lowest BCUT2D eigenvalue weighted by atomic mass is 10.2. The van der Waals surface area contributed by atoms with E-state index in [9.17, 15) is 4.79 Å². The van der Waals surface area contributed by atoms with Crippen molar-refractivity contribution in [3.05, 3.63) is 0 Å². The molecule has 0 aliphatic rings. The SMILES string of the molecule is CCCCCC(=O)Cl.N. The van der Waals surface area contributed by atoms with Gasteiger partial charge in [0.1, 0.15) is 0 Å². The molecular weight excluding hydrogens is 138 g/mol. The van der Waals surface area contributed by atoms with Gasteiger partial charge >= 0.3 is 0 Å². The van der Waals surface area contributed by atoms with Gasteiger partial charge in [0.2, 0.25) is 5.24 Å². The van der Waals surface area contributed by atoms with Gasteiger partial charge in [-0.15, -0.1) is 0 Å². The first-order valence-corrected chi connectivity index (χ1v) is 3.33. The Kier molecular flexibility index (Phi) is 10.3. The molecule has 9 heavy (non-hydrogen) atoms. The molecule has 0 aliphatic carbocycles. The molecule has 0 spiro atoms. The summed E-state index contributed by atoms with van der Waals surface area (Å²) in [6, 6.07) is 0. The normalized spacial score (nSPS) is 8.22. The topological polar surface area (TPSA) is 52.1 Å². The van der Waals surface area contributed by atoms with Crippen LogP contribution in [0.1, 0.15) is 32.6 Å². The van der Waals surface area contributed by atoms with Crippen molar-refractivity contribution in [3.63, 3.8) is 0 Å². The fourth-order valence-corrected chi connectivity index (χ4v) is 0.648. The Labute approximate surface area is 61.2 Å². The zero-order valence-electron chi connectivity index (χ0n) is 5.82. The maximum Gasteiger partial charge on any atom is 0.221 e. The Morgan fingerprint density at radius 2 is 2.00 bits per heavy atom. The van der Waals surface area contributed by atoms with Crippen LogP contribution in [0.2, 0.25) is 0 Å². The Morgan fingerprint density at radius 3 is 2.33 bits per heavy atom. The zero-order valence-corrected chi connectivity index (χ0v) is 6.58. The second kappa shape index (κ2) is 7.92. The predicted molar refractivity (Wildman–Crippen MR) is 40.0 cm³/mol.